The van der Waals surface area contributed by atoms with Crippen molar-refractivity contribution < 1.29 is 4.42 Å². The topological polar surface area (TPSA) is 16.4 Å². The molecule has 54 heavy (non-hydrogen) atoms. The number of para-hydroxylation sites is 1. The Morgan fingerprint density at radius 2 is 0.778 bits per heavy atom. The lowest BCUT2D eigenvalue weighted by Crippen LogP contribution is -2.26. The van der Waals surface area contributed by atoms with Crippen molar-refractivity contribution in [3.63, 3.8) is 0 Å². The highest BCUT2D eigenvalue weighted by molar-refractivity contribution is 6.07. The van der Waals surface area contributed by atoms with Crippen LogP contribution in [0.5, 0.6) is 0 Å². The number of nitrogens with zero attached hydrogens (tertiary/aromatic N) is 1. The molecule has 0 N–H and O–H groups in total. The van der Waals surface area contributed by atoms with Crippen LogP contribution in [0, 0.1) is 0 Å². The van der Waals surface area contributed by atoms with Crippen LogP contribution in [0.3, 0.4) is 0 Å². The Kier molecular flexibility index (Phi) is 5.81. The van der Waals surface area contributed by atoms with Crippen molar-refractivity contribution in [1.82, 2.24) is 0 Å². The molecule has 0 radical (unpaired) electrons. The maximum Gasteiger partial charge on any atom is 0.135 e. The van der Waals surface area contributed by atoms with E-state index in [9.17, 15) is 0 Å². The van der Waals surface area contributed by atoms with Gasteiger partial charge in [0, 0.05) is 33.2 Å². The number of fused-ring (bicyclic) bond motifs is 16. The van der Waals surface area contributed by atoms with Gasteiger partial charge in [-0.1, -0.05) is 141 Å². The predicted octanol–water partition coefficient (Wildman–Crippen LogP) is 13.7. The molecule has 0 amide bonds. The first-order chi connectivity index (χ1) is 26.5. The Balaban J connectivity index is 1.14. The fraction of sp³-hybridized carbons (Fsp3) is 0.0769. The molecule has 1 heterocycles. The Labute approximate surface area is 314 Å². The molecular formula is C52H35NO. The molecule has 3 aliphatic rings. The van der Waals surface area contributed by atoms with Crippen LogP contribution in [0.1, 0.15) is 47.2 Å². The van der Waals surface area contributed by atoms with Gasteiger partial charge in [0.1, 0.15) is 11.2 Å². The number of hydrogen-bond acceptors (Lipinski definition) is 2. The van der Waals surface area contributed by atoms with Gasteiger partial charge in [0.05, 0.1) is 5.41 Å². The molecular weight excluding hydrogens is 655 g/mol. The van der Waals surface area contributed by atoms with Crippen LogP contribution >= 0.6 is 0 Å². The first kappa shape index (κ1) is 29.9. The van der Waals surface area contributed by atoms with Gasteiger partial charge in [-0.05, 0) is 115 Å². The van der Waals surface area contributed by atoms with Crippen molar-refractivity contribution in [2.45, 2.75) is 24.7 Å². The van der Waals surface area contributed by atoms with Crippen LogP contribution in [0.2, 0.25) is 0 Å². The summed E-state index contributed by atoms with van der Waals surface area (Å²) >= 11 is 0. The highest BCUT2D eigenvalue weighted by Gasteiger charge is 2.51. The molecule has 0 saturated heterocycles. The minimum atomic E-state index is -0.424. The largest absolute Gasteiger partial charge is 0.456 e. The van der Waals surface area contributed by atoms with Crippen molar-refractivity contribution in [2.75, 3.05) is 4.90 Å². The third kappa shape index (κ3) is 3.70. The average molecular weight is 690 g/mol. The minimum Gasteiger partial charge on any atom is -0.456 e. The number of hydrogen-bond donors (Lipinski definition) is 0. The van der Waals surface area contributed by atoms with Crippen molar-refractivity contribution in [2.24, 2.45) is 0 Å². The molecule has 0 fully saturated rings. The molecule has 0 bridgehead atoms. The van der Waals surface area contributed by atoms with Crippen LogP contribution < -0.4 is 4.90 Å². The average Bonchev–Trinajstić information content (AvgIpc) is 3.90. The second kappa shape index (κ2) is 10.5. The molecule has 9 aromatic rings. The standard InChI is InChI=1S/C52H35NO/c1-51(2)43-18-8-3-13-35(43)39-26-23-33(30-47(39)51)53(32-25-28-50-42(29-32)41-17-7-12-22-49(41)54-50)34-24-27-40-38-16-6-11-21-46(38)52(48(40)31-34)44-19-9-4-14-36(44)37-15-5-10-20-45(37)52/h3-31H,1-2H3. The summed E-state index contributed by atoms with van der Waals surface area (Å²) in [5, 5.41) is 2.24. The van der Waals surface area contributed by atoms with Gasteiger partial charge in [0.2, 0.25) is 0 Å². The predicted molar refractivity (Wildman–Crippen MR) is 222 cm³/mol. The number of rotatable bonds is 3. The van der Waals surface area contributed by atoms with E-state index < -0.39 is 5.41 Å². The minimum absolute atomic E-state index is 0.126. The lowest BCUT2D eigenvalue weighted by Gasteiger charge is -2.32. The third-order valence-electron chi connectivity index (χ3n) is 12.7. The van der Waals surface area contributed by atoms with E-state index in [2.05, 4.69) is 189 Å². The Bertz CT molecular complexity index is 2990. The van der Waals surface area contributed by atoms with Crippen molar-refractivity contribution >= 4 is 39.0 Å². The van der Waals surface area contributed by atoms with Gasteiger partial charge < -0.3 is 9.32 Å². The van der Waals surface area contributed by atoms with Gasteiger partial charge >= 0.3 is 0 Å². The van der Waals surface area contributed by atoms with Crippen LogP contribution in [-0.2, 0) is 10.8 Å². The molecule has 254 valence electrons. The Hall–Kier alpha value is -6.64. The molecule has 2 heteroatoms. The summed E-state index contributed by atoms with van der Waals surface area (Å²) in [5.41, 5.74) is 20.6. The number of furan rings is 1. The lowest BCUT2D eigenvalue weighted by molar-refractivity contribution is 0.660. The molecule has 0 aliphatic heterocycles. The van der Waals surface area contributed by atoms with E-state index in [0.29, 0.717) is 0 Å². The van der Waals surface area contributed by atoms with Crippen LogP contribution in [0.15, 0.2) is 180 Å². The van der Waals surface area contributed by atoms with E-state index in [4.69, 9.17) is 4.42 Å². The van der Waals surface area contributed by atoms with Gasteiger partial charge in [0.15, 0.2) is 0 Å². The van der Waals surface area contributed by atoms with Crippen LogP contribution in [-0.4, -0.2) is 0 Å². The maximum atomic E-state index is 6.33. The summed E-state index contributed by atoms with van der Waals surface area (Å²) in [4.78, 5) is 2.46. The second-order valence-electron chi connectivity index (χ2n) is 15.6. The van der Waals surface area contributed by atoms with Crippen molar-refractivity contribution in [1.29, 1.82) is 0 Å². The number of anilines is 3. The fourth-order valence-electron chi connectivity index (χ4n) is 10.4. The summed E-state index contributed by atoms with van der Waals surface area (Å²) in [6.07, 6.45) is 0. The molecule has 2 nitrogen and oxygen atoms in total. The molecule has 12 rings (SSSR count). The molecule has 0 unspecified atom stereocenters. The summed E-state index contributed by atoms with van der Waals surface area (Å²) < 4.78 is 6.33. The lowest BCUT2D eigenvalue weighted by atomic mass is 9.70. The highest BCUT2D eigenvalue weighted by atomic mass is 16.3. The zero-order chi connectivity index (χ0) is 35.8. The normalized spacial score (nSPS) is 14.8. The first-order valence-corrected chi connectivity index (χ1v) is 18.9. The van der Waals surface area contributed by atoms with Crippen LogP contribution in [0.25, 0.3) is 55.3 Å². The van der Waals surface area contributed by atoms with Gasteiger partial charge in [-0.15, -0.1) is 0 Å². The van der Waals surface area contributed by atoms with E-state index in [1.54, 1.807) is 0 Å². The van der Waals surface area contributed by atoms with Gasteiger partial charge in [-0.2, -0.15) is 0 Å². The molecule has 1 aromatic heterocycles. The van der Waals surface area contributed by atoms with Crippen LogP contribution in [0.4, 0.5) is 17.1 Å². The van der Waals surface area contributed by atoms with E-state index in [0.717, 1.165) is 39.0 Å². The molecule has 0 atom stereocenters. The van der Waals surface area contributed by atoms with E-state index in [-0.39, 0.29) is 5.41 Å². The number of benzene rings is 8. The summed E-state index contributed by atoms with van der Waals surface area (Å²) in [5.74, 6) is 0. The van der Waals surface area contributed by atoms with Gasteiger partial charge in [-0.3, -0.25) is 0 Å². The monoisotopic (exact) mass is 689 g/mol. The van der Waals surface area contributed by atoms with Gasteiger partial charge in [-0.25, -0.2) is 0 Å². The second-order valence-corrected chi connectivity index (χ2v) is 15.6. The smallest absolute Gasteiger partial charge is 0.135 e. The molecule has 8 aromatic carbocycles. The molecule has 3 aliphatic carbocycles. The molecule has 0 saturated carbocycles. The van der Waals surface area contributed by atoms with E-state index in [1.165, 1.54) is 66.8 Å². The zero-order valence-electron chi connectivity index (χ0n) is 30.1. The van der Waals surface area contributed by atoms with E-state index >= 15 is 0 Å². The highest BCUT2D eigenvalue weighted by Crippen LogP contribution is 2.63. The molecule has 1 spiro atoms. The Morgan fingerprint density at radius 3 is 1.41 bits per heavy atom. The fourth-order valence-corrected chi connectivity index (χ4v) is 10.4. The first-order valence-electron chi connectivity index (χ1n) is 18.9. The van der Waals surface area contributed by atoms with E-state index in [1.807, 2.05) is 6.07 Å². The zero-order valence-corrected chi connectivity index (χ0v) is 30.1. The summed E-state index contributed by atoms with van der Waals surface area (Å²) in [7, 11) is 0. The van der Waals surface area contributed by atoms with Crippen molar-refractivity contribution in [3.8, 4) is 33.4 Å². The third-order valence-corrected chi connectivity index (χ3v) is 12.7. The van der Waals surface area contributed by atoms with Crippen molar-refractivity contribution in [3.05, 3.63) is 209 Å². The summed E-state index contributed by atoms with van der Waals surface area (Å²) in [6.45, 7) is 4.72. The summed E-state index contributed by atoms with van der Waals surface area (Å²) in [6, 6.07) is 65.3. The Morgan fingerprint density at radius 1 is 0.352 bits per heavy atom. The maximum absolute atomic E-state index is 6.33. The van der Waals surface area contributed by atoms with Gasteiger partial charge in [0.25, 0.3) is 0 Å². The SMILES string of the molecule is CC1(C)c2ccccc2-c2ccc(N(c3ccc4c(c3)C3(c5ccccc5-c5ccccc53)c3ccccc3-4)c3ccc4oc5ccccc5c4c3)cc21. The quantitative estimate of drug-likeness (QED) is 0.184.